The SMILES string of the molecule is CC(C)C(NC(=O)c1ccc(-c2nn[nH]n2)cc1)c1ccc2c(c1)OCCO2. The van der Waals surface area contributed by atoms with Crippen molar-refractivity contribution in [3.8, 4) is 22.9 Å². The molecule has 2 heterocycles. The van der Waals surface area contributed by atoms with Crippen molar-refractivity contribution in [2.45, 2.75) is 19.9 Å². The number of hydrogen-bond donors (Lipinski definition) is 2. The summed E-state index contributed by atoms with van der Waals surface area (Å²) in [6.07, 6.45) is 0. The van der Waals surface area contributed by atoms with Gasteiger partial charge in [0.2, 0.25) is 5.82 Å². The molecule has 8 nitrogen and oxygen atoms in total. The number of carbonyl (C=O) groups is 1. The zero-order valence-electron chi connectivity index (χ0n) is 15.7. The van der Waals surface area contributed by atoms with Crippen LogP contribution in [0.1, 0.15) is 35.8 Å². The summed E-state index contributed by atoms with van der Waals surface area (Å²) < 4.78 is 11.3. The molecule has 0 spiro atoms. The van der Waals surface area contributed by atoms with Gasteiger partial charge in [-0.15, -0.1) is 10.2 Å². The smallest absolute Gasteiger partial charge is 0.251 e. The van der Waals surface area contributed by atoms with Crippen LogP contribution < -0.4 is 14.8 Å². The van der Waals surface area contributed by atoms with Gasteiger partial charge in [0.15, 0.2) is 11.5 Å². The molecule has 0 saturated heterocycles. The van der Waals surface area contributed by atoms with Gasteiger partial charge < -0.3 is 14.8 Å². The number of aromatic nitrogens is 4. The van der Waals surface area contributed by atoms with E-state index < -0.39 is 0 Å². The first kappa shape index (κ1) is 18.0. The predicted octanol–water partition coefficient (Wildman–Crippen LogP) is 2.77. The summed E-state index contributed by atoms with van der Waals surface area (Å²) in [7, 11) is 0. The first-order valence-electron chi connectivity index (χ1n) is 9.16. The number of hydrogen-bond acceptors (Lipinski definition) is 6. The van der Waals surface area contributed by atoms with Crippen molar-refractivity contribution in [2.24, 2.45) is 5.92 Å². The fourth-order valence-corrected chi connectivity index (χ4v) is 3.17. The molecule has 1 aromatic heterocycles. The molecule has 144 valence electrons. The Morgan fingerprint density at radius 1 is 1.07 bits per heavy atom. The Labute approximate surface area is 162 Å². The highest BCUT2D eigenvalue weighted by Crippen LogP contribution is 2.34. The molecule has 8 heteroatoms. The molecule has 1 unspecified atom stereocenters. The maximum Gasteiger partial charge on any atom is 0.251 e. The Bertz CT molecular complexity index is 954. The van der Waals surface area contributed by atoms with E-state index in [9.17, 15) is 4.79 Å². The highest BCUT2D eigenvalue weighted by molar-refractivity contribution is 5.94. The lowest BCUT2D eigenvalue weighted by molar-refractivity contribution is 0.0925. The van der Waals surface area contributed by atoms with E-state index in [-0.39, 0.29) is 17.9 Å². The highest BCUT2D eigenvalue weighted by atomic mass is 16.6. The molecule has 1 atom stereocenters. The van der Waals surface area contributed by atoms with Crippen LogP contribution >= 0.6 is 0 Å². The van der Waals surface area contributed by atoms with Crippen LogP contribution in [0, 0.1) is 5.92 Å². The van der Waals surface area contributed by atoms with Gasteiger partial charge in [-0.2, -0.15) is 5.21 Å². The average molecular weight is 379 g/mol. The van der Waals surface area contributed by atoms with E-state index in [1.165, 1.54) is 0 Å². The summed E-state index contributed by atoms with van der Waals surface area (Å²) in [6.45, 7) is 5.22. The Morgan fingerprint density at radius 2 is 1.82 bits per heavy atom. The third kappa shape index (κ3) is 3.66. The van der Waals surface area contributed by atoms with Crippen molar-refractivity contribution >= 4 is 5.91 Å². The van der Waals surface area contributed by atoms with Gasteiger partial charge in [0.25, 0.3) is 5.91 Å². The second-order valence-corrected chi connectivity index (χ2v) is 6.91. The van der Waals surface area contributed by atoms with E-state index >= 15 is 0 Å². The van der Waals surface area contributed by atoms with Crippen molar-refractivity contribution < 1.29 is 14.3 Å². The molecule has 0 bridgehead atoms. The first-order chi connectivity index (χ1) is 13.6. The minimum absolute atomic E-state index is 0.145. The first-order valence-corrected chi connectivity index (χ1v) is 9.16. The zero-order valence-corrected chi connectivity index (χ0v) is 15.7. The number of ether oxygens (including phenoxy) is 2. The Balaban J connectivity index is 1.52. The quantitative estimate of drug-likeness (QED) is 0.707. The second-order valence-electron chi connectivity index (χ2n) is 6.91. The molecule has 4 rings (SSSR count). The monoisotopic (exact) mass is 379 g/mol. The van der Waals surface area contributed by atoms with Gasteiger partial charge in [0, 0.05) is 11.1 Å². The van der Waals surface area contributed by atoms with Crippen molar-refractivity contribution in [1.29, 1.82) is 0 Å². The number of fused-ring (bicyclic) bond motifs is 1. The molecule has 0 fully saturated rings. The number of nitrogens with zero attached hydrogens (tertiary/aromatic N) is 3. The number of H-pyrrole nitrogens is 1. The van der Waals surface area contributed by atoms with Gasteiger partial charge in [0.1, 0.15) is 13.2 Å². The van der Waals surface area contributed by atoms with Gasteiger partial charge >= 0.3 is 0 Å². The molecular formula is C20H21N5O3. The van der Waals surface area contributed by atoms with Crippen LogP contribution in [0.2, 0.25) is 0 Å². The molecule has 1 aliphatic heterocycles. The summed E-state index contributed by atoms with van der Waals surface area (Å²) >= 11 is 0. The molecule has 1 amide bonds. The topological polar surface area (TPSA) is 102 Å². The summed E-state index contributed by atoms with van der Waals surface area (Å²) in [5.41, 5.74) is 2.34. The molecule has 0 radical (unpaired) electrons. The lowest BCUT2D eigenvalue weighted by Crippen LogP contribution is -2.31. The third-order valence-corrected chi connectivity index (χ3v) is 4.63. The molecule has 2 N–H and O–H groups in total. The van der Waals surface area contributed by atoms with E-state index in [4.69, 9.17) is 9.47 Å². The fraction of sp³-hybridized carbons (Fsp3) is 0.300. The van der Waals surface area contributed by atoms with Crippen LogP contribution in [0.4, 0.5) is 0 Å². The van der Waals surface area contributed by atoms with Gasteiger partial charge in [-0.05, 0) is 41.0 Å². The van der Waals surface area contributed by atoms with Gasteiger partial charge in [-0.3, -0.25) is 4.79 Å². The summed E-state index contributed by atoms with van der Waals surface area (Å²) in [5.74, 6) is 2.00. The molecule has 2 aromatic carbocycles. The van der Waals surface area contributed by atoms with Crippen LogP contribution in [0.15, 0.2) is 42.5 Å². The molecular weight excluding hydrogens is 358 g/mol. The molecule has 3 aromatic rings. The van der Waals surface area contributed by atoms with Crippen LogP contribution in [0.25, 0.3) is 11.4 Å². The lowest BCUT2D eigenvalue weighted by Gasteiger charge is -2.25. The number of rotatable bonds is 5. The lowest BCUT2D eigenvalue weighted by atomic mass is 9.95. The predicted molar refractivity (Wildman–Crippen MR) is 102 cm³/mol. The minimum Gasteiger partial charge on any atom is -0.486 e. The number of carbonyl (C=O) groups excluding carboxylic acids is 1. The van der Waals surface area contributed by atoms with E-state index in [0.29, 0.717) is 30.4 Å². The molecule has 0 saturated carbocycles. The Morgan fingerprint density at radius 3 is 2.50 bits per heavy atom. The maximum absolute atomic E-state index is 12.8. The largest absolute Gasteiger partial charge is 0.486 e. The van der Waals surface area contributed by atoms with E-state index in [0.717, 1.165) is 16.9 Å². The molecule has 28 heavy (non-hydrogen) atoms. The average Bonchev–Trinajstić information content (AvgIpc) is 3.26. The summed E-state index contributed by atoms with van der Waals surface area (Å²) in [4.78, 5) is 12.8. The van der Waals surface area contributed by atoms with Crippen molar-refractivity contribution in [2.75, 3.05) is 13.2 Å². The van der Waals surface area contributed by atoms with Crippen molar-refractivity contribution in [1.82, 2.24) is 25.9 Å². The summed E-state index contributed by atoms with van der Waals surface area (Å²) in [5, 5.41) is 17.0. The van der Waals surface area contributed by atoms with Crippen molar-refractivity contribution in [3.05, 3.63) is 53.6 Å². The number of amides is 1. The number of nitrogens with one attached hydrogen (secondary N) is 2. The standard InChI is InChI=1S/C20H21N5O3/c1-12(2)18(15-7-8-16-17(11-15)28-10-9-27-16)21-20(26)14-5-3-13(4-6-14)19-22-24-25-23-19/h3-8,11-12,18H,9-10H2,1-2H3,(H,21,26)(H,22,23,24,25). The maximum atomic E-state index is 12.8. The van der Waals surface area contributed by atoms with Crippen LogP contribution in [-0.4, -0.2) is 39.7 Å². The third-order valence-electron chi connectivity index (χ3n) is 4.63. The number of aromatic amines is 1. The minimum atomic E-state index is -0.153. The Hall–Kier alpha value is -3.42. The second kappa shape index (κ2) is 7.67. The van der Waals surface area contributed by atoms with Crippen LogP contribution in [0.5, 0.6) is 11.5 Å². The molecule has 0 aliphatic carbocycles. The van der Waals surface area contributed by atoms with Crippen molar-refractivity contribution in [3.63, 3.8) is 0 Å². The van der Waals surface area contributed by atoms with E-state index in [2.05, 4.69) is 39.8 Å². The van der Waals surface area contributed by atoms with E-state index in [1.54, 1.807) is 24.3 Å². The van der Waals surface area contributed by atoms with Crippen LogP contribution in [-0.2, 0) is 0 Å². The highest BCUT2D eigenvalue weighted by Gasteiger charge is 2.22. The van der Waals surface area contributed by atoms with Gasteiger partial charge in [-0.25, -0.2) is 0 Å². The number of benzene rings is 2. The van der Waals surface area contributed by atoms with Gasteiger partial charge in [0.05, 0.1) is 6.04 Å². The molecule has 1 aliphatic rings. The number of tetrazole rings is 1. The zero-order chi connectivity index (χ0) is 19.5. The van der Waals surface area contributed by atoms with E-state index in [1.807, 2.05) is 18.2 Å². The normalized spacial score (nSPS) is 14.0. The van der Waals surface area contributed by atoms with Crippen LogP contribution in [0.3, 0.4) is 0 Å². The fourth-order valence-electron chi connectivity index (χ4n) is 3.17. The Kier molecular flexibility index (Phi) is 4.92. The van der Waals surface area contributed by atoms with Gasteiger partial charge in [-0.1, -0.05) is 32.0 Å². The summed E-state index contributed by atoms with van der Waals surface area (Å²) in [6, 6.07) is 12.8.